The van der Waals surface area contributed by atoms with Gasteiger partial charge in [-0.25, -0.2) is 4.79 Å². The molecule has 0 aliphatic rings. The van der Waals surface area contributed by atoms with E-state index in [1.807, 2.05) is 13.8 Å². The van der Waals surface area contributed by atoms with Gasteiger partial charge >= 0.3 is 14.5 Å². The molecule has 0 fully saturated rings. The van der Waals surface area contributed by atoms with Gasteiger partial charge in [0.1, 0.15) is 0 Å². The monoisotopic (exact) mass is 274 g/mol. The maximum absolute atomic E-state index is 11.1. The van der Waals surface area contributed by atoms with Gasteiger partial charge < -0.3 is 13.6 Å². The summed E-state index contributed by atoms with van der Waals surface area (Å²) < 4.78 is 16.5. The Kier molecular flexibility index (Phi) is 8.96. The van der Waals surface area contributed by atoms with Crippen molar-refractivity contribution >= 4 is 14.5 Å². The highest BCUT2D eigenvalue weighted by Gasteiger charge is 2.29. The van der Waals surface area contributed by atoms with Crippen molar-refractivity contribution in [3.05, 3.63) is 12.2 Å². The van der Waals surface area contributed by atoms with Crippen LogP contribution in [0.3, 0.4) is 0 Å². The van der Waals surface area contributed by atoms with E-state index in [9.17, 15) is 4.79 Å². The minimum absolute atomic E-state index is 0.315. The summed E-state index contributed by atoms with van der Waals surface area (Å²) in [7, 11) is -2.01. The minimum atomic E-state index is -2.01. The van der Waals surface area contributed by atoms with E-state index >= 15 is 0 Å². The van der Waals surface area contributed by atoms with Gasteiger partial charge in [-0.1, -0.05) is 6.58 Å². The molecule has 0 aromatic carbocycles. The van der Waals surface area contributed by atoms with Crippen LogP contribution in [-0.2, 0) is 18.4 Å². The number of rotatable bonds is 10. The largest absolute Gasteiger partial charge is 0.462 e. The summed E-state index contributed by atoms with van der Waals surface area (Å²) in [5.74, 6) is -0.315. The Morgan fingerprint density at radius 2 is 1.72 bits per heavy atom. The van der Waals surface area contributed by atoms with E-state index in [1.165, 1.54) is 0 Å². The van der Waals surface area contributed by atoms with E-state index in [2.05, 4.69) is 13.1 Å². The van der Waals surface area contributed by atoms with Crippen molar-refractivity contribution in [3.63, 3.8) is 0 Å². The lowest BCUT2D eigenvalue weighted by molar-refractivity contribution is -0.139. The SMILES string of the molecule is C=C(C)C(=O)OCCCC[Si](C)(OCC)OCC. The topological polar surface area (TPSA) is 44.8 Å². The number of hydrogen-bond acceptors (Lipinski definition) is 4. The lowest BCUT2D eigenvalue weighted by atomic mass is 10.3. The van der Waals surface area contributed by atoms with Crippen LogP contribution in [0, 0.1) is 0 Å². The number of carbonyl (C=O) groups is 1. The van der Waals surface area contributed by atoms with E-state index < -0.39 is 8.56 Å². The predicted octanol–water partition coefficient (Wildman–Crippen LogP) is 3.03. The Labute approximate surface area is 112 Å². The second-order valence-corrected chi connectivity index (χ2v) is 7.72. The zero-order valence-electron chi connectivity index (χ0n) is 12.1. The van der Waals surface area contributed by atoms with Gasteiger partial charge in [0.05, 0.1) is 6.61 Å². The van der Waals surface area contributed by atoms with Crippen LogP contribution in [0.2, 0.25) is 12.6 Å². The number of hydrogen-bond donors (Lipinski definition) is 0. The average molecular weight is 274 g/mol. The molecule has 0 saturated carbocycles. The molecule has 0 aromatic rings. The number of ether oxygens (including phenoxy) is 1. The molecular weight excluding hydrogens is 248 g/mol. The molecule has 0 unspecified atom stereocenters. The Morgan fingerprint density at radius 3 is 2.17 bits per heavy atom. The predicted molar refractivity (Wildman–Crippen MR) is 74.7 cm³/mol. The van der Waals surface area contributed by atoms with Crippen LogP contribution in [0.15, 0.2) is 12.2 Å². The first-order chi connectivity index (χ1) is 8.45. The first-order valence-electron chi connectivity index (χ1n) is 6.55. The second-order valence-electron chi connectivity index (χ2n) is 4.37. The third kappa shape index (κ3) is 7.63. The number of carbonyl (C=O) groups excluding carboxylic acids is 1. The van der Waals surface area contributed by atoms with Gasteiger partial charge in [0.25, 0.3) is 0 Å². The molecule has 4 nitrogen and oxygen atoms in total. The van der Waals surface area contributed by atoms with Crippen LogP contribution in [-0.4, -0.2) is 34.4 Å². The summed E-state index contributed by atoms with van der Waals surface area (Å²) in [6.45, 7) is 13.1. The highest BCUT2D eigenvalue weighted by Crippen LogP contribution is 2.17. The van der Waals surface area contributed by atoms with Crippen LogP contribution >= 0.6 is 0 Å². The van der Waals surface area contributed by atoms with Gasteiger partial charge in [0, 0.05) is 18.8 Å². The molecule has 0 spiro atoms. The molecule has 0 saturated heterocycles. The standard InChI is InChI=1S/C13H26O4Si/c1-6-16-18(5,17-7-2)11-9-8-10-15-13(14)12(3)4/h3,6-11H2,1-2,4-5H3. The highest BCUT2D eigenvalue weighted by molar-refractivity contribution is 6.66. The fourth-order valence-electron chi connectivity index (χ4n) is 1.63. The highest BCUT2D eigenvalue weighted by atomic mass is 28.4. The molecule has 5 heteroatoms. The van der Waals surface area contributed by atoms with Gasteiger partial charge in [-0.2, -0.15) is 0 Å². The molecule has 0 aliphatic carbocycles. The van der Waals surface area contributed by atoms with Crippen molar-refractivity contribution in [1.29, 1.82) is 0 Å². The Hall–Kier alpha value is -0.653. The molecular formula is C13H26O4Si. The summed E-state index contributed by atoms with van der Waals surface area (Å²) in [5.41, 5.74) is 0.442. The fraction of sp³-hybridized carbons (Fsp3) is 0.769. The third-order valence-corrected chi connectivity index (χ3v) is 5.57. The Bertz CT molecular complexity index is 260. The summed E-state index contributed by atoms with van der Waals surface area (Å²) in [5, 5.41) is 0. The van der Waals surface area contributed by atoms with Crippen molar-refractivity contribution in [2.45, 2.75) is 46.2 Å². The summed E-state index contributed by atoms with van der Waals surface area (Å²) in [4.78, 5) is 11.1. The van der Waals surface area contributed by atoms with E-state index in [-0.39, 0.29) is 5.97 Å². The molecule has 106 valence electrons. The van der Waals surface area contributed by atoms with Crippen molar-refractivity contribution in [2.24, 2.45) is 0 Å². The van der Waals surface area contributed by atoms with E-state index in [0.29, 0.717) is 25.4 Å². The zero-order chi connectivity index (χ0) is 14.0. The first-order valence-corrected chi connectivity index (χ1v) is 9.08. The average Bonchev–Trinajstić information content (AvgIpc) is 2.28. The van der Waals surface area contributed by atoms with Crippen LogP contribution < -0.4 is 0 Å². The Morgan fingerprint density at radius 1 is 1.17 bits per heavy atom. The van der Waals surface area contributed by atoms with Crippen LogP contribution in [0.1, 0.15) is 33.6 Å². The van der Waals surface area contributed by atoms with Crippen LogP contribution in [0.25, 0.3) is 0 Å². The maximum Gasteiger partial charge on any atom is 0.334 e. The smallest absolute Gasteiger partial charge is 0.334 e. The molecule has 0 aliphatic heterocycles. The molecule has 18 heavy (non-hydrogen) atoms. The van der Waals surface area contributed by atoms with Crippen LogP contribution in [0.4, 0.5) is 0 Å². The van der Waals surface area contributed by atoms with E-state index in [4.69, 9.17) is 13.6 Å². The van der Waals surface area contributed by atoms with Gasteiger partial charge in [0.2, 0.25) is 0 Å². The van der Waals surface area contributed by atoms with Gasteiger partial charge in [-0.05, 0) is 46.2 Å². The quantitative estimate of drug-likeness (QED) is 0.266. The minimum Gasteiger partial charge on any atom is -0.462 e. The van der Waals surface area contributed by atoms with Crippen LogP contribution in [0.5, 0.6) is 0 Å². The Balaban J connectivity index is 3.80. The lowest BCUT2D eigenvalue weighted by Crippen LogP contribution is -2.38. The fourth-order valence-corrected chi connectivity index (χ4v) is 4.12. The molecule has 0 heterocycles. The van der Waals surface area contributed by atoms with E-state index in [1.54, 1.807) is 6.92 Å². The number of unbranched alkanes of at least 4 members (excludes halogenated alkanes) is 1. The van der Waals surface area contributed by atoms with Crippen molar-refractivity contribution in [3.8, 4) is 0 Å². The van der Waals surface area contributed by atoms with Gasteiger partial charge in [-0.15, -0.1) is 0 Å². The molecule has 0 bridgehead atoms. The van der Waals surface area contributed by atoms with Gasteiger partial charge in [0.15, 0.2) is 0 Å². The van der Waals surface area contributed by atoms with Crippen molar-refractivity contribution < 1.29 is 18.4 Å². The third-order valence-electron chi connectivity index (χ3n) is 2.51. The number of esters is 1. The van der Waals surface area contributed by atoms with Crippen molar-refractivity contribution in [2.75, 3.05) is 19.8 Å². The zero-order valence-corrected chi connectivity index (χ0v) is 13.1. The molecule has 0 amide bonds. The molecule has 0 aromatic heterocycles. The van der Waals surface area contributed by atoms with Gasteiger partial charge in [-0.3, -0.25) is 0 Å². The van der Waals surface area contributed by atoms with Crippen molar-refractivity contribution in [1.82, 2.24) is 0 Å². The maximum atomic E-state index is 11.1. The summed E-state index contributed by atoms with van der Waals surface area (Å²) in [6, 6.07) is 0.930. The normalized spacial score (nSPS) is 11.3. The molecule has 0 N–H and O–H groups in total. The second kappa shape index (κ2) is 9.30. The first kappa shape index (κ1) is 17.3. The van der Waals surface area contributed by atoms with E-state index in [0.717, 1.165) is 18.9 Å². The summed E-state index contributed by atoms with van der Waals surface area (Å²) in [6.07, 6.45) is 1.79. The molecule has 0 atom stereocenters. The lowest BCUT2D eigenvalue weighted by Gasteiger charge is -2.25. The molecule has 0 rings (SSSR count). The molecule has 0 radical (unpaired) electrons. The summed E-state index contributed by atoms with van der Waals surface area (Å²) >= 11 is 0.